The molecular weight excluding hydrogens is 176 g/mol. The minimum Gasteiger partial charge on any atom is -0.355 e. The Morgan fingerprint density at radius 1 is 1.21 bits per heavy atom. The van der Waals surface area contributed by atoms with Gasteiger partial charge in [-0.15, -0.1) is 0 Å². The van der Waals surface area contributed by atoms with Crippen LogP contribution in [0.4, 0.5) is 0 Å². The highest BCUT2D eigenvalue weighted by atomic mass is 16.2. The standard InChI is InChI=1S/C11H24N2O/c1-3-5-7-9-13-11(14)10(12)8-6-4-2/h10H,3-9,12H2,1-2H3,(H,13,14)/t10-/m0/s1. The number of rotatable bonds is 8. The van der Waals surface area contributed by atoms with Crippen LogP contribution >= 0.6 is 0 Å². The van der Waals surface area contributed by atoms with Gasteiger partial charge in [0.25, 0.3) is 0 Å². The number of hydrogen-bond donors (Lipinski definition) is 2. The SMILES string of the molecule is CCCCCNC(=O)[C@@H](N)CCCC. The van der Waals surface area contributed by atoms with E-state index < -0.39 is 0 Å². The van der Waals surface area contributed by atoms with E-state index >= 15 is 0 Å². The molecule has 0 aliphatic heterocycles. The van der Waals surface area contributed by atoms with Crippen molar-refractivity contribution in [1.29, 1.82) is 0 Å². The molecule has 0 aliphatic rings. The summed E-state index contributed by atoms with van der Waals surface area (Å²) in [7, 11) is 0. The second-order valence-electron chi connectivity index (χ2n) is 3.75. The fourth-order valence-corrected chi connectivity index (χ4v) is 1.27. The average molecular weight is 200 g/mol. The summed E-state index contributed by atoms with van der Waals surface area (Å²) in [5.41, 5.74) is 5.71. The topological polar surface area (TPSA) is 55.1 Å². The van der Waals surface area contributed by atoms with Crippen molar-refractivity contribution in [3.63, 3.8) is 0 Å². The molecule has 0 saturated carbocycles. The van der Waals surface area contributed by atoms with Crippen molar-refractivity contribution in [3.8, 4) is 0 Å². The first-order valence-corrected chi connectivity index (χ1v) is 5.75. The number of unbranched alkanes of at least 4 members (excludes halogenated alkanes) is 3. The summed E-state index contributed by atoms with van der Waals surface area (Å²) in [6, 6.07) is -0.309. The molecule has 3 heteroatoms. The zero-order valence-electron chi connectivity index (χ0n) is 9.51. The van der Waals surface area contributed by atoms with Gasteiger partial charge in [-0.1, -0.05) is 39.5 Å². The molecule has 14 heavy (non-hydrogen) atoms. The fraction of sp³-hybridized carbons (Fsp3) is 0.909. The molecule has 0 radical (unpaired) electrons. The molecular formula is C11H24N2O. The van der Waals surface area contributed by atoms with Crippen molar-refractivity contribution in [2.75, 3.05) is 6.54 Å². The van der Waals surface area contributed by atoms with E-state index in [1.165, 1.54) is 12.8 Å². The van der Waals surface area contributed by atoms with Gasteiger partial charge in [-0.2, -0.15) is 0 Å². The van der Waals surface area contributed by atoms with Gasteiger partial charge < -0.3 is 11.1 Å². The largest absolute Gasteiger partial charge is 0.355 e. The molecule has 0 spiro atoms. The molecule has 1 amide bonds. The summed E-state index contributed by atoms with van der Waals surface area (Å²) in [5.74, 6) is 0.00885. The van der Waals surface area contributed by atoms with Gasteiger partial charge in [-0.05, 0) is 12.8 Å². The van der Waals surface area contributed by atoms with Crippen LogP contribution in [0.1, 0.15) is 52.4 Å². The smallest absolute Gasteiger partial charge is 0.236 e. The molecule has 3 N–H and O–H groups in total. The minimum absolute atomic E-state index is 0.00885. The van der Waals surface area contributed by atoms with E-state index in [4.69, 9.17) is 5.73 Å². The quantitative estimate of drug-likeness (QED) is 0.587. The second-order valence-corrected chi connectivity index (χ2v) is 3.75. The molecule has 0 aromatic heterocycles. The van der Waals surface area contributed by atoms with Crippen LogP contribution in [0.3, 0.4) is 0 Å². The van der Waals surface area contributed by atoms with Gasteiger partial charge in [0.15, 0.2) is 0 Å². The lowest BCUT2D eigenvalue weighted by molar-refractivity contribution is -0.122. The summed E-state index contributed by atoms with van der Waals surface area (Å²) in [5, 5.41) is 2.86. The molecule has 1 atom stereocenters. The molecule has 0 aromatic carbocycles. The van der Waals surface area contributed by atoms with Gasteiger partial charge in [-0.3, -0.25) is 4.79 Å². The number of nitrogens with two attached hydrogens (primary N) is 1. The fourth-order valence-electron chi connectivity index (χ4n) is 1.27. The minimum atomic E-state index is -0.309. The molecule has 0 bridgehead atoms. The van der Waals surface area contributed by atoms with Crippen LogP contribution < -0.4 is 11.1 Å². The van der Waals surface area contributed by atoms with Gasteiger partial charge in [0.05, 0.1) is 6.04 Å². The Bertz CT molecular complexity index is 148. The zero-order valence-corrected chi connectivity index (χ0v) is 9.51. The zero-order chi connectivity index (χ0) is 10.8. The third kappa shape index (κ3) is 6.89. The van der Waals surface area contributed by atoms with E-state index in [2.05, 4.69) is 19.2 Å². The molecule has 3 nitrogen and oxygen atoms in total. The number of carbonyl (C=O) groups is 1. The number of carbonyl (C=O) groups excluding carboxylic acids is 1. The van der Waals surface area contributed by atoms with Crippen LogP contribution in [0.5, 0.6) is 0 Å². The van der Waals surface area contributed by atoms with Crippen LogP contribution in [0.15, 0.2) is 0 Å². The van der Waals surface area contributed by atoms with Gasteiger partial charge >= 0.3 is 0 Å². The molecule has 0 unspecified atom stereocenters. The number of nitrogens with one attached hydrogen (secondary N) is 1. The van der Waals surface area contributed by atoms with Gasteiger partial charge in [-0.25, -0.2) is 0 Å². The van der Waals surface area contributed by atoms with Gasteiger partial charge in [0, 0.05) is 6.54 Å². The van der Waals surface area contributed by atoms with Crippen molar-refractivity contribution in [3.05, 3.63) is 0 Å². The van der Waals surface area contributed by atoms with Crippen molar-refractivity contribution < 1.29 is 4.79 Å². The first-order valence-electron chi connectivity index (χ1n) is 5.75. The molecule has 0 aromatic rings. The van der Waals surface area contributed by atoms with Crippen LogP contribution in [-0.4, -0.2) is 18.5 Å². The maximum absolute atomic E-state index is 11.4. The maximum atomic E-state index is 11.4. The summed E-state index contributed by atoms with van der Waals surface area (Å²) < 4.78 is 0. The summed E-state index contributed by atoms with van der Waals surface area (Å²) >= 11 is 0. The highest BCUT2D eigenvalue weighted by Crippen LogP contribution is 1.98. The molecule has 0 heterocycles. The number of amides is 1. The monoisotopic (exact) mass is 200 g/mol. The van der Waals surface area contributed by atoms with E-state index in [9.17, 15) is 4.79 Å². The van der Waals surface area contributed by atoms with Crippen molar-refractivity contribution in [1.82, 2.24) is 5.32 Å². The van der Waals surface area contributed by atoms with Crippen molar-refractivity contribution in [2.45, 2.75) is 58.4 Å². The predicted molar refractivity (Wildman–Crippen MR) is 60.0 cm³/mol. The Kier molecular flexibility index (Phi) is 8.64. The molecule has 0 rings (SSSR count). The average Bonchev–Trinajstić information content (AvgIpc) is 2.20. The van der Waals surface area contributed by atoms with Gasteiger partial charge in [0.1, 0.15) is 0 Å². The van der Waals surface area contributed by atoms with E-state index in [0.29, 0.717) is 0 Å². The van der Waals surface area contributed by atoms with E-state index in [0.717, 1.165) is 32.2 Å². The molecule has 0 saturated heterocycles. The van der Waals surface area contributed by atoms with E-state index in [1.54, 1.807) is 0 Å². The Balaban J connectivity index is 3.42. The molecule has 0 fully saturated rings. The van der Waals surface area contributed by atoms with E-state index in [-0.39, 0.29) is 11.9 Å². The normalized spacial score (nSPS) is 12.5. The Labute approximate surface area is 87.4 Å². The lowest BCUT2D eigenvalue weighted by atomic mass is 10.1. The lowest BCUT2D eigenvalue weighted by Crippen LogP contribution is -2.40. The Morgan fingerprint density at radius 2 is 1.86 bits per heavy atom. The molecule has 84 valence electrons. The predicted octanol–water partition coefficient (Wildman–Crippen LogP) is 1.81. The Hall–Kier alpha value is -0.570. The Morgan fingerprint density at radius 3 is 2.43 bits per heavy atom. The first-order chi connectivity index (χ1) is 6.72. The highest BCUT2D eigenvalue weighted by Gasteiger charge is 2.10. The molecule has 0 aliphatic carbocycles. The van der Waals surface area contributed by atoms with Crippen LogP contribution in [0.2, 0.25) is 0 Å². The van der Waals surface area contributed by atoms with Crippen LogP contribution in [0, 0.1) is 0 Å². The number of hydrogen-bond acceptors (Lipinski definition) is 2. The van der Waals surface area contributed by atoms with Gasteiger partial charge in [0.2, 0.25) is 5.91 Å². The van der Waals surface area contributed by atoms with Crippen LogP contribution in [0.25, 0.3) is 0 Å². The lowest BCUT2D eigenvalue weighted by Gasteiger charge is -2.11. The second kappa shape index (κ2) is 9.00. The van der Waals surface area contributed by atoms with Crippen LogP contribution in [-0.2, 0) is 4.79 Å². The van der Waals surface area contributed by atoms with Crippen molar-refractivity contribution >= 4 is 5.91 Å². The third-order valence-corrected chi connectivity index (χ3v) is 2.29. The highest BCUT2D eigenvalue weighted by molar-refractivity contribution is 5.81. The summed E-state index contributed by atoms with van der Waals surface area (Å²) in [6.45, 7) is 5.02. The summed E-state index contributed by atoms with van der Waals surface area (Å²) in [4.78, 5) is 11.4. The maximum Gasteiger partial charge on any atom is 0.236 e. The summed E-state index contributed by atoms with van der Waals surface area (Å²) in [6.07, 6.45) is 6.33. The first kappa shape index (κ1) is 13.4. The van der Waals surface area contributed by atoms with Crippen molar-refractivity contribution in [2.24, 2.45) is 5.73 Å². The van der Waals surface area contributed by atoms with E-state index in [1.807, 2.05) is 0 Å². The third-order valence-electron chi connectivity index (χ3n) is 2.29.